The number of nitrogens with one attached hydrogen (secondary N) is 1. The molecule has 0 spiro atoms. The highest BCUT2D eigenvalue weighted by atomic mass is 79.9. The van der Waals surface area contributed by atoms with Gasteiger partial charge in [-0.1, -0.05) is 24.3 Å². The summed E-state index contributed by atoms with van der Waals surface area (Å²) in [4.78, 5) is 15.0. The van der Waals surface area contributed by atoms with Gasteiger partial charge in [0.1, 0.15) is 6.07 Å². The molecule has 0 bridgehead atoms. The molecule has 1 amide bonds. The van der Waals surface area contributed by atoms with Gasteiger partial charge in [0.05, 0.1) is 17.2 Å². The van der Waals surface area contributed by atoms with Gasteiger partial charge < -0.3 is 10.2 Å². The lowest BCUT2D eigenvalue weighted by Crippen LogP contribution is -2.29. The van der Waals surface area contributed by atoms with Crippen molar-refractivity contribution in [3.05, 3.63) is 63.6 Å². The molecule has 0 fully saturated rings. The molecule has 0 saturated carbocycles. The van der Waals surface area contributed by atoms with Crippen molar-refractivity contribution < 1.29 is 4.79 Å². The number of benzene rings is 2. The van der Waals surface area contributed by atoms with Crippen LogP contribution in [0.2, 0.25) is 0 Å². The Morgan fingerprint density at radius 2 is 2.08 bits per heavy atom. The van der Waals surface area contributed by atoms with Crippen LogP contribution in [0.4, 0.5) is 5.69 Å². The second-order valence-electron chi connectivity index (χ2n) is 5.93. The molecule has 122 valence electrons. The standard InChI is InChI=1S/C19H18BrN3O/c1-23-11-5-9-16(14-7-2-3-10-17(14)23)22-19(24)15-8-4-6-13(12-21)18(15)20/h2-4,6-8,10,16H,5,9,11H2,1H3,(H,22,24). The van der Waals surface area contributed by atoms with Crippen molar-refractivity contribution in [2.75, 3.05) is 18.5 Å². The number of hydrogen-bond acceptors (Lipinski definition) is 3. The smallest absolute Gasteiger partial charge is 0.252 e. The number of anilines is 1. The number of carbonyl (C=O) groups is 1. The highest BCUT2D eigenvalue weighted by molar-refractivity contribution is 9.10. The van der Waals surface area contributed by atoms with Gasteiger partial charge in [-0.15, -0.1) is 0 Å². The maximum Gasteiger partial charge on any atom is 0.252 e. The molecule has 2 aromatic rings. The fourth-order valence-corrected chi connectivity index (χ4v) is 3.65. The molecule has 1 N–H and O–H groups in total. The number of nitriles is 1. The van der Waals surface area contributed by atoms with Crippen LogP contribution in [-0.2, 0) is 0 Å². The van der Waals surface area contributed by atoms with Crippen LogP contribution in [0.15, 0.2) is 46.9 Å². The van der Waals surface area contributed by atoms with Crippen LogP contribution in [0.1, 0.15) is 40.4 Å². The van der Waals surface area contributed by atoms with Crippen molar-refractivity contribution in [3.63, 3.8) is 0 Å². The largest absolute Gasteiger partial charge is 0.374 e. The zero-order valence-corrected chi connectivity index (χ0v) is 15.0. The van der Waals surface area contributed by atoms with E-state index in [1.54, 1.807) is 18.2 Å². The van der Waals surface area contributed by atoms with E-state index in [0.717, 1.165) is 30.6 Å². The van der Waals surface area contributed by atoms with Crippen molar-refractivity contribution in [1.29, 1.82) is 5.26 Å². The molecule has 0 saturated heterocycles. The van der Waals surface area contributed by atoms with Crippen LogP contribution in [-0.4, -0.2) is 19.5 Å². The molecular weight excluding hydrogens is 366 g/mol. The Bertz CT molecular complexity index is 812. The van der Waals surface area contributed by atoms with Crippen LogP contribution in [0, 0.1) is 11.3 Å². The first kappa shape index (κ1) is 16.5. The average molecular weight is 384 g/mol. The Morgan fingerprint density at radius 3 is 2.88 bits per heavy atom. The summed E-state index contributed by atoms with van der Waals surface area (Å²) in [6.45, 7) is 0.969. The topological polar surface area (TPSA) is 56.1 Å². The SMILES string of the molecule is CN1CCCC(NC(=O)c2cccc(C#N)c2Br)c2ccccc21. The number of fused-ring (bicyclic) bond motifs is 1. The molecular formula is C19H18BrN3O. The lowest BCUT2D eigenvalue weighted by Gasteiger charge is -2.22. The van der Waals surface area contributed by atoms with Gasteiger partial charge in [-0.05, 0) is 52.5 Å². The van der Waals surface area contributed by atoms with E-state index in [2.05, 4.69) is 51.4 Å². The molecule has 0 radical (unpaired) electrons. The van der Waals surface area contributed by atoms with E-state index in [4.69, 9.17) is 5.26 Å². The molecule has 1 aliphatic heterocycles. The number of hydrogen-bond donors (Lipinski definition) is 1. The average Bonchev–Trinajstić information content (AvgIpc) is 2.75. The number of carbonyl (C=O) groups excluding carboxylic acids is 1. The van der Waals surface area contributed by atoms with Crippen molar-refractivity contribution in [2.24, 2.45) is 0 Å². The monoisotopic (exact) mass is 383 g/mol. The highest BCUT2D eigenvalue weighted by Gasteiger charge is 2.23. The van der Waals surface area contributed by atoms with E-state index >= 15 is 0 Å². The highest BCUT2D eigenvalue weighted by Crippen LogP contribution is 2.32. The second kappa shape index (κ2) is 7.06. The Kier molecular flexibility index (Phi) is 4.86. The number of amides is 1. The number of halogens is 1. The minimum atomic E-state index is -0.164. The summed E-state index contributed by atoms with van der Waals surface area (Å²) < 4.78 is 0.545. The maximum atomic E-state index is 12.7. The summed E-state index contributed by atoms with van der Waals surface area (Å²) in [5.74, 6) is -0.164. The van der Waals surface area contributed by atoms with E-state index in [1.165, 1.54) is 0 Å². The summed E-state index contributed by atoms with van der Waals surface area (Å²) in [6.07, 6.45) is 1.90. The van der Waals surface area contributed by atoms with Crippen molar-refractivity contribution in [1.82, 2.24) is 5.32 Å². The summed E-state index contributed by atoms with van der Waals surface area (Å²) in [5, 5.41) is 12.3. The minimum absolute atomic E-state index is 0.0312. The van der Waals surface area contributed by atoms with Crippen LogP contribution in [0.5, 0.6) is 0 Å². The van der Waals surface area contributed by atoms with Gasteiger partial charge >= 0.3 is 0 Å². The summed E-state index contributed by atoms with van der Waals surface area (Å²) >= 11 is 3.37. The van der Waals surface area contributed by atoms with E-state index in [1.807, 2.05) is 12.1 Å². The van der Waals surface area contributed by atoms with Gasteiger partial charge in [0, 0.05) is 23.8 Å². The van der Waals surface area contributed by atoms with Gasteiger partial charge in [0.15, 0.2) is 0 Å². The summed E-state index contributed by atoms with van der Waals surface area (Å²) in [6, 6.07) is 15.4. The van der Waals surface area contributed by atoms with Crippen LogP contribution >= 0.6 is 15.9 Å². The first-order valence-corrected chi connectivity index (χ1v) is 8.70. The molecule has 0 aromatic heterocycles. The number of para-hydroxylation sites is 1. The third-order valence-electron chi connectivity index (χ3n) is 4.38. The molecule has 24 heavy (non-hydrogen) atoms. The van der Waals surface area contributed by atoms with Crippen molar-refractivity contribution >= 4 is 27.5 Å². The predicted molar refractivity (Wildman–Crippen MR) is 98.0 cm³/mol. The third kappa shape index (κ3) is 3.15. The Hall–Kier alpha value is -2.32. The van der Waals surface area contributed by atoms with Gasteiger partial charge in [0.2, 0.25) is 0 Å². The number of nitrogens with zero attached hydrogens (tertiary/aromatic N) is 2. The molecule has 2 aromatic carbocycles. The lowest BCUT2D eigenvalue weighted by molar-refractivity contribution is 0.0934. The molecule has 1 atom stereocenters. The fourth-order valence-electron chi connectivity index (χ4n) is 3.12. The van der Waals surface area contributed by atoms with E-state index < -0.39 is 0 Å². The molecule has 1 aliphatic rings. The molecule has 0 aliphatic carbocycles. The van der Waals surface area contributed by atoms with Gasteiger partial charge in [-0.25, -0.2) is 0 Å². The fraction of sp³-hybridized carbons (Fsp3) is 0.263. The molecule has 3 rings (SSSR count). The molecule has 1 unspecified atom stereocenters. The van der Waals surface area contributed by atoms with Crippen molar-refractivity contribution in [3.8, 4) is 6.07 Å². The van der Waals surface area contributed by atoms with E-state index in [9.17, 15) is 4.79 Å². The summed E-state index contributed by atoms with van der Waals surface area (Å²) in [5.41, 5.74) is 3.25. The minimum Gasteiger partial charge on any atom is -0.374 e. The molecule has 5 heteroatoms. The maximum absolute atomic E-state index is 12.7. The lowest BCUT2D eigenvalue weighted by atomic mass is 10.0. The van der Waals surface area contributed by atoms with Crippen LogP contribution < -0.4 is 10.2 Å². The third-order valence-corrected chi connectivity index (χ3v) is 5.23. The summed E-state index contributed by atoms with van der Waals surface area (Å²) in [7, 11) is 2.08. The van der Waals surface area contributed by atoms with E-state index in [-0.39, 0.29) is 11.9 Å². The Balaban J connectivity index is 1.90. The first-order chi connectivity index (χ1) is 11.6. The van der Waals surface area contributed by atoms with Gasteiger partial charge in [0.25, 0.3) is 5.91 Å². The quantitative estimate of drug-likeness (QED) is 0.851. The zero-order chi connectivity index (χ0) is 17.1. The van der Waals surface area contributed by atoms with E-state index in [0.29, 0.717) is 15.6 Å². The zero-order valence-electron chi connectivity index (χ0n) is 13.4. The molecule has 1 heterocycles. The second-order valence-corrected chi connectivity index (χ2v) is 6.72. The number of rotatable bonds is 2. The Labute approximate surface area is 150 Å². The van der Waals surface area contributed by atoms with Crippen LogP contribution in [0.25, 0.3) is 0 Å². The van der Waals surface area contributed by atoms with Crippen molar-refractivity contribution in [2.45, 2.75) is 18.9 Å². The predicted octanol–water partition coefficient (Wildman–Crippen LogP) is 4.02. The van der Waals surface area contributed by atoms with Crippen LogP contribution in [0.3, 0.4) is 0 Å². The first-order valence-electron chi connectivity index (χ1n) is 7.91. The van der Waals surface area contributed by atoms with Gasteiger partial charge in [-0.3, -0.25) is 4.79 Å². The molecule has 4 nitrogen and oxygen atoms in total. The Morgan fingerprint density at radius 1 is 1.29 bits per heavy atom. The van der Waals surface area contributed by atoms with Gasteiger partial charge in [-0.2, -0.15) is 5.26 Å². The normalized spacial score (nSPS) is 16.7.